The highest BCUT2D eigenvalue weighted by atomic mass is 16.1. The van der Waals surface area contributed by atoms with E-state index < -0.39 is 0 Å². The highest BCUT2D eigenvalue weighted by Gasteiger charge is 2.45. The molecule has 0 aromatic rings. The summed E-state index contributed by atoms with van der Waals surface area (Å²) in [5.41, 5.74) is 0. The predicted octanol–water partition coefficient (Wildman–Crippen LogP) is 10.6. The molecule has 2 unspecified atom stereocenters. The Morgan fingerprint density at radius 3 is 1.26 bits per heavy atom. The van der Waals surface area contributed by atoms with E-state index in [1.807, 2.05) is 0 Å². The number of carbonyl (C=O) groups excluding carboxylic acids is 2. The molecule has 0 aromatic carbocycles. The fourth-order valence-corrected chi connectivity index (χ4v) is 6.24. The first-order valence-electron chi connectivity index (χ1n) is 17.1. The largest absolute Gasteiger partial charge is 0.313 e. The molecular formula is C35H70NO2+. The topological polar surface area (TPSA) is 34.1 Å². The average Bonchev–Trinajstić information content (AvgIpc) is 2.89. The lowest BCUT2D eigenvalue weighted by molar-refractivity contribution is -0.964. The zero-order valence-electron chi connectivity index (χ0n) is 27.2. The minimum Gasteiger partial charge on any atom is -0.313 e. The second kappa shape index (κ2) is 24.1. The minimum absolute atomic E-state index is 0.130. The number of nitrogens with zero attached hydrogens (tertiary/aromatic N) is 1. The van der Waals surface area contributed by atoms with Crippen LogP contribution in [0.3, 0.4) is 0 Å². The lowest BCUT2D eigenvalue weighted by Gasteiger charge is -2.48. The van der Waals surface area contributed by atoms with Crippen molar-refractivity contribution in [3.8, 4) is 0 Å². The summed E-state index contributed by atoms with van der Waals surface area (Å²) < 4.78 is 0.662. The Bertz CT molecular complexity index is 548. The lowest BCUT2D eigenvalue weighted by Crippen LogP contribution is -2.64. The van der Waals surface area contributed by atoms with E-state index in [-0.39, 0.29) is 12.0 Å². The molecule has 0 amide bonds. The summed E-state index contributed by atoms with van der Waals surface area (Å²) in [7, 11) is 2.20. The molecule has 3 heteroatoms. The minimum atomic E-state index is -0.232. The van der Waals surface area contributed by atoms with Crippen LogP contribution in [0, 0.1) is 5.92 Å². The fourth-order valence-electron chi connectivity index (χ4n) is 6.24. The van der Waals surface area contributed by atoms with Crippen LogP contribution in [0.1, 0.15) is 183 Å². The zero-order valence-corrected chi connectivity index (χ0v) is 27.2. The van der Waals surface area contributed by atoms with Crippen molar-refractivity contribution >= 4 is 12.1 Å². The number of ketones is 1. The van der Waals surface area contributed by atoms with Gasteiger partial charge < -0.3 is 4.48 Å². The van der Waals surface area contributed by atoms with Crippen molar-refractivity contribution in [2.24, 2.45) is 5.92 Å². The Labute approximate surface area is 239 Å². The molecule has 0 bridgehead atoms. The van der Waals surface area contributed by atoms with Crippen LogP contribution >= 0.6 is 0 Å². The monoisotopic (exact) mass is 537 g/mol. The second-order valence-corrected chi connectivity index (χ2v) is 13.0. The molecule has 0 heterocycles. The number of hydrogen-bond donors (Lipinski definition) is 0. The molecule has 0 rings (SSSR count). The molecule has 226 valence electrons. The van der Waals surface area contributed by atoms with E-state index in [4.69, 9.17) is 0 Å². The standard InChI is InChI=1S/C35H70NO2/c1-8-10-12-14-16-18-19-21-22-24-26-28-33(34(30-37)36(7,31(3)4)32(5)6)35(38)29-27-25-23-20-17-15-13-11-9-2/h30-34H,8-29H2,1-7H3/q+1. The highest BCUT2D eigenvalue weighted by Crippen LogP contribution is 2.30. The van der Waals surface area contributed by atoms with Gasteiger partial charge in [0.2, 0.25) is 0 Å². The summed E-state index contributed by atoms with van der Waals surface area (Å²) in [5.74, 6) is 0.220. The van der Waals surface area contributed by atoms with Gasteiger partial charge in [0, 0.05) is 6.42 Å². The van der Waals surface area contributed by atoms with Crippen LogP contribution in [-0.2, 0) is 9.59 Å². The second-order valence-electron chi connectivity index (χ2n) is 13.0. The van der Waals surface area contributed by atoms with Crippen LogP contribution in [-0.4, -0.2) is 41.7 Å². The number of rotatable bonds is 28. The first-order chi connectivity index (χ1) is 18.3. The number of hydrogen-bond acceptors (Lipinski definition) is 2. The molecule has 0 aliphatic carbocycles. The Hall–Kier alpha value is -0.700. The van der Waals surface area contributed by atoms with Crippen LogP contribution in [0.25, 0.3) is 0 Å². The van der Waals surface area contributed by atoms with Crippen LogP contribution in [0.2, 0.25) is 0 Å². The molecule has 2 atom stereocenters. The van der Waals surface area contributed by atoms with Crippen molar-refractivity contribution in [2.45, 2.75) is 201 Å². The van der Waals surface area contributed by atoms with E-state index in [9.17, 15) is 9.59 Å². The third-order valence-electron chi connectivity index (χ3n) is 9.48. The number of aldehydes is 1. The summed E-state index contributed by atoms with van der Waals surface area (Å²) in [6, 6.07) is 0.389. The summed E-state index contributed by atoms with van der Waals surface area (Å²) >= 11 is 0. The van der Waals surface area contributed by atoms with Gasteiger partial charge in [-0.3, -0.25) is 9.59 Å². The van der Waals surface area contributed by atoms with E-state index in [2.05, 4.69) is 48.6 Å². The molecule has 0 aliphatic heterocycles. The van der Waals surface area contributed by atoms with Gasteiger partial charge >= 0.3 is 0 Å². The van der Waals surface area contributed by atoms with Crippen molar-refractivity contribution in [2.75, 3.05) is 7.05 Å². The van der Waals surface area contributed by atoms with E-state index >= 15 is 0 Å². The van der Waals surface area contributed by atoms with Gasteiger partial charge in [-0.25, -0.2) is 0 Å². The third-order valence-corrected chi connectivity index (χ3v) is 9.48. The Morgan fingerprint density at radius 1 is 0.579 bits per heavy atom. The number of Topliss-reactive ketones (excluding diaryl/α,β-unsaturated/α-hetero) is 1. The molecule has 0 radical (unpaired) electrons. The SMILES string of the molecule is CCCCCCCCCCCCCC(C(=O)CCCCCCCCCCC)C(C=O)[N+](C)(C(C)C)C(C)C. The Kier molecular flexibility index (Phi) is 23.7. The predicted molar refractivity (Wildman–Crippen MR) is 168 cm³/mol. The Morgan fingerprint density at radius 2 is 0.921 bits per heavy atom. The van der Waals surface area contributed by atoms with E-state index in [1.54, 1.807) is 0 Å². The van der Waals surface area contributed by atoms with Crippen molar-refractivity contribution < 1.29 is 14.1 Å². The molecule has 0 saturated heterocycles. The van der Waals surface area contributed by atoms with Gasteiger partial charge in [0.25, 0.3) is 0 Å². The molecule has 0 aromatic heterocycles. The first kappa shape index (κ1) is 37.3. The van der Waals surface area contributed by atoms with Gasteiger partial charge in [-0.05, 0) is 40.5 Å². The van der Waals surface area contributed by atoms with Crippen molar-refractivity contribution in [1.29, 1.82) is 0 Å². The number of likely N-dealkylation sites (N-methyl/N-ethyl adjacent to an activating group) is 1. The molecule has 0 N–H and O–H groups in total. The van der Waals surface area contributed by atoms with E-state index in [1.165, 1.54) is 109 Å². The van der Waals surface area contributed by atoms with Gasteiger partial charge in [-0.2, -0.15) is 0 Å². The lowest BCUT2D eigenvalue weighted by atomic mass is 9.84. The normalized spacial score (nSPS) is 13.8. The zero-order chi connectivity index (χ0) is 28.7. The van der Waals surface area contributed by atoms with E-state index in [0.29, 0.717) is 28.8 Å². The smallest absolute Gasteiger partial charge is 0.178 e. The number of unbranched alkanes of at least 4 members (excludes halogenated alkanes) is 18. The van der Waals surface area contributed by atoms with Crippen LogP contribution in [0.4, 0.5) is 0 Å². The van der Waals surface area contributed by atoms with Gasteiger partial charge in [-0.1, -0.05) is 136 Å². The summed E-state index contributed by atoms with van der Waals surface area (Å²) in [6.07, 6.45) is 28.5. The van der Waals surface area contributed by atoms with Gasteiger partial charge in [-0.15, -0.1) is 0 Å². The van der Waals surface area contributed by atoms with Crippen LogP contribution in [0.15, 0.2) is 0 Å². The maximum absolute atomic E-state index is 13.6. The summed E-state index contributed by atoms with van der Waals surface area (Å²) in [6.45, 7) is 13.4. The summed E-state index contributed by atoms with van der Waals surface area (Å²) in [5, 5.41) is 0. The quantitative estimate of drug-likeness (QED) is 0.0566. The van der Waals surface area contributed by atoms with Gasteiger partial charge in [0.15, 0.2) is 12.3 Å². The average molecular weight is 537 g/mol. The fraction of sp³-hybridized carbons (Fsp3) is 0.943. The molecule has 0 fully saturated rings. The molecule has 0 spiro atoms. The third kappa shape index (κ3) is 15.8. The van der Waals surface area contributed by atoms with Crippen molar-refractivity contribution in [1.82, 2.24) is 0 Å². The molecule has 0 aliphatic rings. The van der Waals surface area contributed by atoms with E-state index in [0.717, 1.165) is 32.0 Å². The molecular weight excluding hydrogens is 466 g/mol. The van der Waals surface area contributed by atoms with Crippen molar-refractivity contribution in [3.05, 3.63) is 0 Å². The van der Waals surface area contributed by atoms with Crippen LogP contribution < -0.4 is 0 Å². The molecule has 3 nitrogen and oxygen atoms in total. The number of quaternary nitrogens is 1. The summed E-state index contributed by atoms with van der Waals surface area (Å²) in [4.78, 5) is 26.2. The van der Waals surface area contributed by atoms with Gasteiger partial charge in [0.1, 0.15) is 5.78 Å². The first-order valence-corrected chi connectivity index (χ1v) is 17.1. The Balaban J connectivity index is 4.77. The number of carbonyl (C=O) groups is 2. The van der Waals surface area contributed by atoms with Gasteiger partial charge in [0.05, 0.1) is 25.0 Å². The molecule has 0 saturated carbocycles. The van der Waals surface area contributed by atoms with Crippen LogP contribution in [0.5, 0.6) is 0 Å². The maximum Gasteiger partial charge on any atom is 0.178 e. The van der Waals surface area contributed by atoms with Crippen molar-refractivity contribution in [3.63, 3.8) is 0 Å². The maximum atomic E-state index is 13.6. The highest BCUT2D eigenvalue weighted by molar-refractivity contribution is 5.84. The molecule has 38 heavy (non-hydrogen) atoms.